The highest BCUT2D eigenvalue weighted by atomic mass is 32.1. The van der Waals surface area contributed by atoms with Crippen LogP contribution in [0.5, 0.6) is 0 Å². The minimum Gasteiger partial charge on any atom is -0.360 e. The largest absolute Gasteiger partial charge is 0.360 e. The van der Waals surface area contributed by atoms with Gasteiger partial charge in [0.1, 0.15) is 11.5 Å². The van der Waals surface area contributed by atoms with E-state index in [-0.39, 0.29) is 0 Å². The summed E-state index contributed by atoms with van der Waals surface area (Å²) < 4.78 is 5.04. The average molecular weight is 191 g/mol. The molecular weight excluding hydrogens is 182 g/mol. The van der Waals surface area contributed by atoms with Crippen LogP contribution in [0.1, 0.15) is 5.76 Å². The molecule has 0 fully saturated rings. The second-order valence-corrected chi connectivity index (χ2v) is 3.02. The maximum absolute atomic E-state index is 5.04. The third-order valence-corrected chi connectivity index (χ3v) is 2.10. The summed E-state index contributed by atoms with van der Waals surface area (Å²) >= 11 is 4.10. The van der Waals surface area contributed by atoms with Gasteiger partial charge in [0.25, 0.3) is 0 Å². The van der Waals surface area contributed by atoms with Crippen molar-refractivity contribution in [2.75, 3.05) is 0 Å². The van der Waals surface area contributed by atoms with E-state index >= 15 is 0 Å². The van der Waals surface area contributed by atoms with Gasteiger partial charge in [0.05, 0.1) is 5.75 Å². The van der Waals surface area contributed by atoms with Crippen molar-refractivity contribution in [3.8, 4) is 11.3 Å². The fraction of sp³-hybridized carbons (Fsp3) is 0.100. The average Bonchev–Trinajstić information content (AvgIpc) is 2.67. The van der Waals surface area contributed by atoms with E-state index in [1.165, 1.54) is 0 Å². The second kappa shape index (κ2) is 3.66. The molecule has 1 aromatic heterocycles. The molecule has 0 saturated heterocycles. The summed E-state index contributed by atoms with van der Waals surface area (Å²) in [6.45, 7) is 0. The molecule has 0 aliphatic heterocycles. The molecule has 0 unspecified atom stereocenters. The number of thiol groups is 1. The monoisotopic (exact) mass is 191 g/mol. The smallest absolute Gasteiger partial charge is 0.146 e. The van der Waals surface area contributed by atoms with Crippen LogP contribution in [0.3, 0.4) is 0 Å². The van der Waals surface area contributed by atoms with Gasteiger partial charge in [-0.15, -0.1) is 0 Å². The van der Waals surface area contributed by atoms with Gasteiger partial charge in [-0.25, -0.2) is 0 Å². The van der Waals surface area contributed by atoms with Gasteiger partial charge in [-0.05, 0) is 0 Å². The van der Waals surface area contributed by atoms with Gasteiger partial charge in [-0.3, -0.25) is 0 Å². The van der Waals surface area contributed by atoms with Crippen molar-refractivity contribution in [2.45, 2.75) is 5.75 Å². The van der Waals surface area contributed by atoms with Crippen LogP contribution >= 0.6 is 12.6 Å². The number of nitrogens with zero attached hydrogens (tertiary/aromatic N) is 1. The van der Waals surface area contributed by atoms with E-state index in [0.717, 1.165) is 17.0 Å². The molecule has 2 nitrogen and oxygen atoms in total. The van der Waals surface area contributed by atoms with Crippen molar-refractivity contribution in [1.29, 1.82) is 0 Å². The van der Waals surface area contributed by atoms with Crippen molar-refractivity contribution in [3.05, 3.63) is 42.2 Å². The summed E-state index contributed by atoms with van der Waals surface area (Å²) in [5.74, 6) is 1.38. The third-order valence-electron chi connectivity index (χ3n) is 1.78. The van der Waals surface area contributed by atoms with Gasteiger partial charge in [0.15, 0.2) is 0 Å². The molecule has 0 N–H and O–H groups in total. The van der Waals surface area contributed by atoms with Crippen LogP contribution in [0.15, 0.2) is 40.9 Å². The maximum atomic E-state index is 5.04. The van der Waals surface area contributed by atoms with E-state index in [1.54, 1.807) is 0 Å². The van der Waals surface area contributed by atoms with Crippen molar-refractivity contribution in [1.82, 2.24) is 5.16 Å². The molecule has 2 aromatic rings. The molecule has 0 saturated carbocycles. The van der Waals surface area contributed by atoms with E-state index in [9.17, 15) is 0 Å². The first-order valence-corrected chi connectivity index (χ1v) is 4.65. The van der Waals surface area contributed by atoms with Crippen molar-refractivity contribution in [3.63, 3.8) is 0 Å². The van der Waals surface area contributed by atoms with E-state index < -0.39 is 0 Å². The van der Waals surface area contributed by atoms with E-state index in [0.29, 0.717) is 5.75 Å². The van der Waals surface area contributed by atoms with Crippen molar-refractivity contribution >= 4 is 12.6 Å². The molecule has 1 heterocycles. The SMILES string of the molecule is SCc1cc(-c2ccccc2)no1. The summed E-state index contributed by atoms with van der Waals surface area (Å²) in [7, 11) is 0. The first kappa shape index (κ1) is 8.38. The lowest BCUT2D eigenvalue weighted by Gasteiger charge is -1.91. The molecule has 2 rings (SSSR count). The Morgan fingerprint density at radius 1 is 1.23 bits per heavy atom. The molecule has 13 heavy (non-hydrogen) atoms. The van der Waals surface area contributed by atoms with Crippen LogP contribution in [0.2, 0.25) is 0 Å². The predicted octanol–water partition coefficient (Wildman–Crippen LogP) is 2.77. The van der Waals surface area contributed by atoms with Gasteiger partial charge >= 0.3 is 0 Å². The van der Waals surface area contributed by atoms with E-state index in [1.807, 2.05) is 36.4 Å². The highest BCUT2D eigenvalue weighted by Crippen LogP contribution is 2.18. The molecular formula is C10H9NOS. The summed E-state index contributed by atoms with van der Waals surface area (Å²) in [5, 5.41) is 3.93. The Balaban J connectivity index is 2.36. The number of rotatable bonds is 2. The molecule has 3 heteroatoms. The topological polar surface area (TPSA) is 26.0 Å². The second-order valence-electron chi connectivity index (χ2n) is 2.70. The zero-order valence-corrected chi connectivity index (χ0v) is 7.87. The Hall–Kier alpha value is -1.22. The predicted molar refractivity (Wildman–Crippen MR) is 54.6 cm³/mol. The van der Waals surface area contributed by atoms with Crippen LogP contribution < -0.4 is 0 Å². The highest BCUT2D eigenvalue weighted by Gasteiger charge is 2.03. The van der Waals surface area contributed by atoms with Crippen LogP contribution in [0, 0.1) is 0 Å². The Bertz CT molecular complexity index is 383. The zero-order chi connectivity index (χ0) is 9.10. The maximum Gasteiger partial charge on any atom is 0.146 e. The summed E-state index contributed by atoms with van der Waals surface area (Å²) in [6, 6.07) is 11.8. The first-order chi connectivity index (χ1) is 6.40. The lowest BCUT2D eigenvalue weighted by Crippen LogP contribution is -1.73. The highest BCUT2D eigenvalue weighted by molar-refractivity contribution is 7.79. The number of aromatic nitrogens is 1. The number of benzene rings is 1. The number of hydrogen-bond donors (Lipinski definition) is 1. The van der Waals surface area contributed by atoms with Crippen LogP contribution in [-0.2, 0) is 5.75 Å². The van der Waals surface area contributed by atoms with Gasteiger partial charge in [-0.2, -0.15) is 12.6 Å². The zero-order valence-electron chi connectivity index (χ0n) is 6.97. The lowest BCUT2D eigenvalue weighted by atomic mass is 10.1. The van der Waals surface area contributed by atoms with E-state index in [4.69, 9.17) is 4.52 Å². The minimum atomic E-state index is 0.583. The fourth-order valence-electron chi connectivity index (χ4n) is 1.13. The van der Waals surface area contributed by atoms with Gasteiger partial charge in [0.2, 0.25) is 0 Å². The quantitative estimate of drug-likeness (QED) is 0.739. The normalized spacial score (nSPS) is 10.2. The summed E-state index contributed by atoms with van der Waals surface area (Å²) in [4.78, 5) is 0. The van der Waals surface area contributed by atoms with Crippen LogP contribution in [0.25, 0.3) is 11.3 Å². The van der Waals surface area contributed by atoms with Gasteiger partial charge in [-0.1, -0.05) is 35.5 Å². The Morgan fingerprint density at radius 3 is 2.62 bits per heavy atom. The Morgan fingerprint density at radius 2 is 2.00 bits per heavy atom. The number of hydrogen-bond acceptors (Lipinski definition) is 3. The Labute approximate surface area is 82.0 Å². The van der Waals surface area contributed by atoms with Crippen molar-refractivity contribution < 1.29 is 4.52 Å². The summed E-state index contributed by atoms with van der Waals surface area (Å²) in [6.07, 6.45) is 0. The molecule has 0 spiro atoms. The van der Waals surface area contributed by atoms with Gasteiger partial charge < -0.3 is 4.52 Å². The molecule has 1 aromatic carbocycles. The van der Waals surface area contributed by atoms with Gasteiger partial charge in [0, 0.05) is 11.6 Å². The molecule has 0 aliphatic carbocycles. The molecule has 66 valence electrons. The molecule has 0 atom stereocenters. The summed E-state index contributed by atoms with van der Waals surface area (Å²) in [5.41, 5.74) is 1.93. The molecule has 0 aliphatic rings. The molecule has 0 bridgehead atoms. The standard InChI is InChI=1S/C10H9NOS/c13-7-9-6-10(11-12-9)8-4-2-1-3-5-8/h1-6,13H,7H2. The Kier molecular flexibility index (Phi) is 2.36. The van der Waals surface area contributed by atoms with E-state index in [2.05, 4.69) is 17.8 Å². The molecule has 0 radical (unpaired) electrons. The third kappa shape index (κ3) is 1.75. The molecule has 0 amide bonds. The minimum absolute atomic E-state index is 0.583. The van der Waals surface area contributed by atoms with Crippen LogP contribution in [0.4, 0.5) is 0 Å². The van der Waals surface area contributed by atoms with Crippen LogP contribution in [-0.4, -0.2) is 5.16 Å². The fourth-order valence-corrected chi connectivity index (χ4v) is 1.28. The lowest BCUT2D eigenvalue weighted by molar-refractivity contribution is 0.397. The first-order valence-electron chi connectivity index (χ1n) is 4.02. The van der Waals surface area contributed by atoms with Crippen molar-refractivity contribution in [2.24, 2.45) is 0 Å².